The average Bonchev–Trinajstić information content (AvgIpc) is 4.41. The lowest BCUT2D eigenvalue weighted by molar-refractivity contribution is 0.590. The Morgan fingerprint density at radius 3 is 1.84 bits per heavy atom. The molecule has 2 aliphatic heterocycles. The number of nitrogens with zero attached hydrogens (tertiary/aromatic N) is 3. The molecular formula is C68H50BN3O2S. The maximum Gasteiger partial charge on any atom is 0.333 e. The number of thiophene rings is 1. The van der Waals surface area contributed by atoms with E-state index in [0.29, 0.717) is 0 Å². The smallest absolute Gasteiger partial charge is 0.333 e. The molecule has 5 nitrogen and oxygen atoms in total. The molecule has 0 aliphatic carbocycles. The Labute approximate surface area is 438 Å². The van der Waals surface area contributed by atoms with Crippen LogP contribution in [0.5, 0.6) is 0 Å². The van der Waals surface area contributed by atoms with Gasteiger partial charge in [-0.25, -0.2) is 0 Å². The molecule has 7 heteroatoms. The zero-order valence-electron chi connectivity index (χ0n) is 42.6. The maximum atomic E-state index is 7.42. The Hall–Kier alpha value is -8.52. The van der Waals surface area contributed by atoms with Crippen LogP contribution in [-0.4, -0.2) is 11.4 Å². The van der Waals surface area contributed by atoms with Crippen molar-refractivity contribution in [3.8, 4) is 16.8 Å². The Kier molecular flexibility index (Phi) is 8.62. The van der Waals surface area contributed by atoms with Gasteiger partial charge in [-0.05, 0) is 136 Å². The fourth-order valence-corrected chi connectivity index (χ4v) is 14.0. The van der Waals surface area contributed by atoms with E-state index in [9.17, 15) is 0 Å². The van der Waals surface area contributed by atoms with Crippen molar-refractivity contribution >= 4 is 143 Å². The van der Waals surface area contributed by atoms with E-state index in [2.05, 4.69) is 250 Å². The second-order valence-electron chi connectivity index (χ2n) is 22.9. The summed E-state index contributed by atoms with van der Waals surface area (Å²) in [5.41, 5.74) is 20.1. The van der Waals surface area contributed by atoms with Gasteiger partial charge in [0, 0.05) is 97.7 Å². The summed E-state index contributed by atoms with van der Waals surface area (Å²) >= 11 is 1.87. The van der Waals surface area contributed by atoms with Crippen LogP contribution in [0.15, 0.2) is 203 Å². The number of fused-ring (bicyclic) bond motifs is 19. The normalized spacial score (nSPS) is 13.4. The van der Waals surface area contributed by atoms with Crippen LogP contribution in [0.4, 0.5) is 28.4 Å². The van der Waals surface area contributed by atoms with E-state index in [-0.39, 0.29) is 17.7 Å². The molecule has 0 bridgehead atoms. The molecule has 0 atom stereocenters. The van der Waals surface area contributed by atoms with Gasteiger partial charge in [0.1, 0.15) is 22.3 Å². The highest BCUT2D eigenvalue weighted by Crippen LogP contribution is 2.54. The van der Waals surface area contributed by atoms with Crippen LogP contribution in [-0.2, 0) is 10.8 Å². The number of hydrogen-bond donors (Lipinski definition) is 0. The first-order valence-corrected chi connectivity index (χ1v) is 27.0. The minimum atomic E-state index is -0.247. The van der Waals surface area contributed by atoms with Gasteiger partial charge in [0.15, 0.2) is 0 Å². The van der Waals surface area contributed by atoms with E-state index in [0.717, 1.165) is 78.1 Å². The Balaban J connectivity index is 1.08. The monoisotopic (exact) mass is 983 g/mol. The van der Waals surface area contributed by atoms with Crippen molar-refractivity contribution in [1.82, 2.24) is 4.57 Å². The van der Waals surface area contributed by atoms with Gasteiger partial charge in [-0.2, -0.15) is 0 Å². The van der Waals surface area contributed by atoms with Gasteiger partial charge in [0.2, 0.25) is 0 Å². The number of benzene rings is 10. The SMILES string of the molecule is CC(C)(C)c1ccc(N2B3c4cc5oc6ccccc6c5cc4-n4c5ccc(C(C)(C)C)cc5c5c6c(oc7ccccc76)c(c3c54)-c3cc4c(cc32)sc2ccc(N(c3ccccc3)c3ccccc3)cc24)cc1. The molecule has 358 valence electrons. The van der Waals surface area contributed by atoms with Crippen LogP contribution < -0.4 is 20.6 Å². The van der Waals surface area contributed by atoms with Crippen molar-refractivity contribution in [3.05, 3.63) is 205 Å². The Morgan fingerprint density at radius 1 is 0.467 bits per heavy atom. The van der Waals surface area contributed by atoms with Gasteiger partial charge in [0.25, 0.3) is 0 Å². The van der Waals surface area contributed by atoms with E-state index in [1.165, 1.54) is 75.1 Å². The molecule has 6 heterocycles. The zero-order chi connectivity index (χ0) is 50.2. The van der Waals surface area contributed by atoms with E-state index >= 15 is 0 Å². The molecule has 14 aromatic rings. The summed E-state index contributed by atoms with van der Waals surface area (Å²) in [5.74, 6) is 0. The molecular weight excluding hydrogens is 934 g/mol. The molecule has 0 spiro atoms. The van der Waals surface area contributed by atoms with Crippen molar-refractivity contribution < 1.29 is 8.83 Å². The number of furan rings is 2. The molecule has 16 rings (SSSR count). The average molecular weight is 984 g/mol. The molecule has 0 fully saturated rings. The predicted molar refractivity (Wildman–Crippen MR) is 319 cm³/mol. The topological polar surface area (TPSA) is 37.7 Å². The van der Waals surface area contributed by atoms with E-state index < -0.39 is 0 Å². The Morgan fingerprint density at radius 2 is 1.12 bits per heavy atom. The quantitative estimate of drug-likeness (QED) is 0.165. The van der Waals surface area contributed by atoms with Gasteiger partial charge in [-0.15, -0.1) is 11.3 Å². The maximum absolute atomic E-state index is 7.42. The van der Waals surface area contributed by atoms with E-state index in [4.69, 9.17) is 8.83 Å². The van der Waals surface area contributed by atoms with Crippen LogP contribution in [0.25, 0.3) is 103 Å². The highest BCUT2D eigenvalue weighted by atomic mass is 32.1. The third-order valence-electron chi connectivity index (χ3n) is 16.4. The van der Waals surface area contributed by atoms with Crippen molar-refractivity contribution in [2.24, 2.45) is 0 Å². The number of hydrogen-bond acceptors (Lipinski definition) is 5. The van der Waals surface area contributed by atoms with Crippen LogP contribution in [0.2, 0.25) is 0 Å². The summed E-state index contributed by atoms with van der Waals surface area (Å²) in [6, 6.07) is 71.9. The van der Waals surface area contributed by atoms with Crippen LogP contribution in [0, 0.1) is 0 Å². The van der Waals surface area contributed by atoms with Crippen molar-refractivity contribution in [1.29, 1.82) is 0 Å². The second-order valence-corrected chi connectivity index (χ2v) is 23.9. The second kappa shape index (κ2) is 15.1. The predicted octanol–water partition coefficient (Wildman–Crippen LogP) is 18.3. The first kappa shape index (κ1) is 42.9. The van der Waals surface area contributed by atoms with Crippen LogP contribution in [0.3, 0.4) is 0 Å². The summed E-state index contributed by atoms with van der Waals surface area (Å²) in [6.45, 7) is 13.6. The minimum absolute atomic E-state index is 0.0140. The number of para-hydroxylation sites is 4. The fourth-order valence-electron chi connectivity index (χ4n) is 12.9. The first-order valence-electron chi connectivity index (χ1n) is 26.2. The molecule has 2 aliphatic rings. The first-order chi connectivity index (χ1) is 36.5. The van der Waals surface area contributed by atoms with Gasteiger partial charge in [-0.1, -0.05) is 133 Å². The molecule has 0 amide bonds. The number of anilines is 5. The minimum Gasteiger partial charge on any atom is -0.456 e. The summed E-state index contributed by atoms with van der Waals surface area (Å²) < 4.78 is 19.3. The molecule has 0 saturated carbocycles. The summed E-state index contributed by atoms with van der Waals surface area (Å²) in [4.78, 5) is 5.01. The third kappa shape index (κ3) is 6.01. The number of aromatic nitrogens is 1. The molecule has 0 radical (unpaired) electrons. The van der Waals surface area contributed by atoms with E-state index in [1.807, 2.05) is 11.3 Å². The lowest BCUT2D eigenvalue weighted by Gasteiger charge is -2.42. The molecule has 0 unspecified atom stereocenters. The zero-order valence-corrected chi connectivity index (χ0v) is 43.4. The summed E-state index contributed by atoms with van der Waals surface area (Å²) in [6.07, 6.45) is 0. The molecule has 4 aromatic heterocycles. The molecule has 0 saturated heterocycles. The van der Waals surface area contributed by atoms with Crippen LogP contribution >= 0.6 is 11.3 Å². The highest BCUT2D eigenvalue weighted by molar-refractivity contribution is 7.25. The van der Waals surface area contributed by atoms with Crippen molar-refractivity contribution in [2.75, 3.05) is 9.71 Å². The largest absolute Gasteiger partial charge is 0.456 e. The Bertz CT molecular complexity index is 4700. The van der Waals surface area contributed by atoms with E-state index in [1.54, 1.807) is 0 Å². The third-order valence-corrected chi connectivity index (χ3v) is 17.6. The summed E-state index contributed by atoms with van der Waals surface area (Å²) in [5, 5.41) is 9.46. The van der Waals surface area contributed by atoms with Crippen molar-refractivity contribution in [3.63, 3.8) is 0 Å². The molecule has 0 N–H and O–H groups in total. The summed E-state index contributed by atoms with van der Waals surface area (Å²) in [7, 11) is 0. The van der Waals surface area contributed by atoms with Gasteiger partial charge in [0.05, 0.1) is 11.0 Å². The fraction of sp³-hybridized carbons (Fsp3) is 0.118. The lowest BCUT2D eigenvalue weighted by Crippen LogP contribution is -2.60. The van der Waals surface area contributed by atoms with Gasteiger partial charge < -0.3 is 23.1 Å². The number of rotatable bonds is 4. The van der Waals surface area contributed by atoms with Crippen LogP contribution in [0.1, 0.15) is 52.7 Å². The molecule has 75 heavy (non-hydrogen) atoms. The standard InChI is InChI=1S/C68H50BN3O2S/c1-67(2,3)39-25-28-43(29-26-39)72-54-38-60-49(48-34-44(30-32-59(48)75-60)70(41-17-9-7-10-18-41)42-19-11-8-12-20-42)35-51(54)63-64-65-61(62-46-22-14-16-24-57(46)74-66(62)63)50-33-40(68(4,5)6)27-31-53(50)71(65)55-36-47-45-21-13-15-23-56(45)73-58(47)37-52(55)69(64)72/h7-38H,1-6H3. The van der Waals surface area contributed by atoms with Crippen molar-refractivity contribution in [2.45, 2.75) is 52.4 Å². The lowest BCUT2D eigenvalue weighted by atomic mass is 9.43. The van der Waals surface area contributed by atoms with Gasteiger partial charge >= 0.3 is 6.85 Å². The van der Waals surface area contributed by atoms with Gasteiger partial charge in [-0.3, -0.25) is 0 Å². The highest BCUT2D eigenvalue weighted by Gasteiger charge is 2.47. The molecule has 10 aromatic carbocycles.